The van der Waals surface area contributed by atoms with Crippen LogP contribution < -0.4 is 0 Å². The van der Waals surface area contributed by atoms with Crippen LogP contribution in [0.4, 0.5) is 0 Å². The molecule has 0 N–H and O–H groups in total. The molecule has 0 amide bonds. The van der Waals surface area contributed by atoms with E-state index in [0.29, 0.717) is 19.3 Å². The Kier molecular flexibility index (Phi) is 43.5. The minimum atomic E-state index is -0.792. The van der Waals surface area contributed by atoms with Gasteiger partial charge in [0.15, 0.2) is 6.10 Å². The highest BCUT2D eigenvalue weighted by molar-refractivity contribution is 5.71. The van der Waals surface area contributed by atoms with Crippen LogP contribution in [0.15, 0.2) is 60.8 Å². The Morgan fingerprint density at radius 3 is 1.12 bits per heavy atom. The summed E-state index contributed by atoms with van der Waals surface area (Å²) in [6, 6.07) is 0. The molecule has 328 valence electrons. The molecule has 0 aliphatic heterocycles. The van der Waals surface area contributed by atoms with E-state index >= 15 is 0 Å². The van der Waals surface area contributed by atoms with Crippen LogP contribution in [0, 0.1) is 0 Å². The molecule has 0 aliphatic rings. The summed E-state index contributed by atoms with van der Waals surface area (Å²) in [5, 5.41) is 0. The number of hydrogen-bond donors (Lipinski definition) is 0. The van der Waals surface area contributed by atoms with Gasteiger partial charge in [0.25, 0.3) is 0 Å². The molecular formula is C51H88O6. The molecule has 0 rings (SSSR count). The number of rotatable bonds is 42. The lowest BCUT2D eigenvalue weighted by Crippen LogP contribution is -2.30. The van der Waals surface area contributed by atoms with E-state index in [1.54, 1.807) is 0 Å². The lowest BCUT2D eigenvalue weighted by atomic mass is 10.1. The number of carbonyl (C=O) groups is 3. The Balaban J connectivity index is 4.30. The molecule has 0 heterocycles. The van der Waals surface area contributed by atoms with E-state index in [0.717, 1.165) is 77.0 Å². The van der Waals surface area contributed by atoms with Crippen LogP contribution >= 0.6 is 0 Å². The molecule has 0 radical (unpaired) electrons. The number of allylic oxidation sites excluding steroid dienone is 10. The summed E-state index contributed by atoms with van der Waals surface area (Å²) in [4.78, 5) is 37.6. The number of ether oxygens (including phenoxy) is 3. The van der Waals surface area contributed by atoms with Crippen molar-refractivity contribution in [3.63, 3.8) is 0 Å². The van der Waals surface area contributed by atoms with Gasteiger partial charge in [0.2, 0.25) is 0 Å². The lowest BCUT2D eigenvalue weighted by molar-refractivity contribution is -0.167. The Labute approximate surface area is 351 Å². The summed E-state index contributed by atoms with van der Waals surface area (Å²) in [6.45, 7) is 6.41. The van der Waals surface area contributed by atoms with Gasteiger partial charge in [-0.3, -0.25) is 14.4 Å². The average Bonchev–Trinajstić information content (AvgIpc) is 3.21. The van der Waals surface area contributed by atoms with Crippen molar-refractivity contribution in [2.24, 2.45) is 0 Å². The summed E-state index contributed by atoms with van der Waals surface area (Å²) in [7, 11) is 0. The van der Waals surface area contributed by atoms with Gasteiger partial charge in [-0.1, -0.05) is 184 Å². The number of unbranched alkanes of at least 4 members (excludes halogenated alkanes) is 21. The van der Waals surface area contributed by atoms with Crippen molar-refractivity contribution < 1.29 is 28.6 Å². The van der Waals surface area contributed by atoms with Crippen molar-refractivity contribution >= 4 is 17.9 Å². The molecule has 0 spiro atoms. The monoisotopic (exact) mass is 797 g/mol. The van der Waals surface area contributed by atoms with Crippen LogP contribution in [-0.2, 0) is 28.6 Å². The first-order chi connectivity index (χ1) is 28.0. The van der Waals surface area contributed by atoms with Gasteiger partial charge in [0.05, 0.1) is 0 Å². The van der Waals surface area contributed by atoms with Gasteiger partial charge in [-0.05, 0) is 83.5 Å². The van der Waals surface area contributed by atoms with Crippen LogP contribution in [-0.4, -0.2) is 37.2 Å². The predicted molar refractivity (Wildman–Crippen MR) is 242 cm³/mol. The van der Waals surface area contributed by atoms with Crippen LogP contribution in [0.1, 0.15) is 226 Å². The van der Waals surface area contributed by atoms with Gasteiger partial charge in [-0.2, -0.15) is 0 Å². The molecule has 6 heteroatoms. The standard InChI is InChI=1S/C51H88O6/c1-4-7-10-13-16-18-20-22-24-25-26-28-29-31-33-35-38-41-44-50(53)56-47-48(46-55-49(52)43-40-37-15-12-9-6-3)57-51(54)45-42-39-36-34-32-30-27-23-21-19-17-14-11-8-5-2/h8,11,17,19,23-25,27,32,34,48H,4-7,9-10,12-16,18,20-22,26,28-31,33,35-47H2,1-3H3/b11-8-,19-17-,25-24-,27-23-,34-32-. The zero-order chi connectivity index (χ0) is 41.5. The normalized spacial score (nSPS) is 12.5. The molecule has 0 saturated carbocycles. The topological polar surface area (TPSA) is 78.9 Å². The molecule has 0 fully saturated rings. The highest BCUT2D eigenvalue weighted by Crippen LogP contribution is 2.13. The molecule has 0 aromatic rings. The van der Waals surface area contributed by atoms with Crippen LogP contribution in [0.25, 0.3) is 0 Å². The summed E-state index contributed by atoms with van der Waals surface area (Å²) < 4.78 is 16.6. The molecule has 0 bridgehead atoms. The number of esters is 3. The van der Waals surface area contributed by atoms with E-state index in [2.05, 4.69) is 81.5 Å². The van der Waals surface area contributed by atoms with E-state index in [1.165, 1.54) is 103 Å². The fourth-order valence-electron chi connectivity index (χ4n) is 6.43. The molecule has 1 atom stereocenters. The highest BCUT2D eigenvalue weighted by Gasteiger charge is 2.19. The Hall–Kier alpha value is -2.89. The van der Waals surface area contributed by atoms with Crippen molar-refractivity contribution in [1.82, 2.24) is 0 Å². The summed E-state index contributed by atoms with van der Waals surface area (Å²) in [5.74, 6) is -0.950. The maximum Gasteiger partial charge on any atom is 0.306 e. The molecule has 0 aliphatic carbocycles. The van der Waals surface area contributed by atoms with E-state index in [1.807, 2.05) is 0 Å². The molecule has 57 heavy (non-hydrogen) atoms. The first-order valence-electron chi connectivity index (χ1n) is 23.8. The second-order valence-electron chi connectivity index (χ2n) is 15.6. The van der Waals surface area contributed by atoms with E-state index in [-0.39, 0.29) is 37.5 Å². The summed E-state index contributed by atoms with van der Waals surface area (Å²) >= 11 is 0. The van der Waals surface area contributed by atoms with Crippen molar-refractivity contribution in [1.29, 1.82) is 0 Å². The van der Waals surface area contributed by atoms with Gasteiger partial charge in [-0.15, -0.1) is 0 Å². The summed E-state index contributed by atoms with van der Waals surface area (Å²) in [6.07, 6.45) is 55.1. The van der Waals surface area contributed by atoms with Gasteiger partial charge in [-0.25, -0.2) is 0 Å². The highest BCUT2D eigenvalue weighted by atomic mass is 16.6. The fraction of sp³-hybridized carbons (Fsp3) is 0.745. The maximum atomic E-state index is 12.7. The second-order valence-corrected chi connectivity index (χ2v) is 15.6. The van der Waals surface area contributed by atoms with Crippen LogP contribution in [0.3, 0.4) is 0 Å². The zero-order valence-corrected chi connectivity index (χ0v) is 37.3. The first-order valence-corrected chi connectivity index (χ1v) is 23.8. The predicted octanol–water partition coefficient (Wildman–Crippen LogP) is 15.3. The molecule has 1 unspecified atom stereocenters. The number of carbonyl (C=O) groups excluding carboxylic acids is 3. The van der Waals surface area contributed by atoms with Crippen molar-refractivity contribution in [3.05, 3.63) is 60.8 Å². The van der Waals surface area contributed by atoms with E-state index in [4.69, 9.17) is 14.2 Å². The third-order valence-corrected chi connectivity index (χ3v) is 10.0. The van der Waals surface area contributed by atoms with Gasteiger partial charge in [0, 0.05) is 19.3 Å². The fourth-order valence-corrected chi connectivity index (χ4v) is 6.43. The Morgan fingerprint density at radius 2 is 0.684 bits per heavy atom. The van der Waals surface area contributed by atoms with E-state index in [9.17, 15) is 14.4 Å². The van der Waals surface area contributed by atoms with Gasteiger partial charge >= 0.3 is 17.9 Å². The number of hydrogen-bond acceptors (Lipinski definition) is 6. The van der Waals surface area contributed by atoms with Crippen LogP contribution in [0.2, 0.25) is 0 Å². The van der Waals surface area contributed by atoms with E-state index < -0.39 is 6.10 Å². The molecule has 0 saturated heterocycles. The SMILES string of the molecule is CC/C=C\C/C=C\C/C=C\C/C=C\CCCCC(=O)OC(COC(=O)CCCCCCCC)COC(=O)CCCCCCCCC/C=C\CCCCCCCCC. The minimum absolute atomic E-state index is 0.0926. The quantitative estimate of drug-likeness (QED) is 0.0265. The largest absolute Gasteiger partial charge is 0.462 e. The maximum absolute atomic E-state index is 12.7. The van der Waals surface area contributed by atoms with Crippen molar-refractivity contribution in [2.45, 2.75) is 232 Å². The second kappa shape index (κ2) is 45.8. The Morgan fingerprint density at radius 1 is 0.368 bits per heavy atom. The summed E-state index contributed by atoms with van der Waals surface area (Å²) in [5.41, 5.74) is 0. The smallest absolute Gasteiger partial charge is 0.306 e. The lowest BCUT2D eigenvalue weighted by Gasteiger charge is -2.18. The minimum Gasteiger partial charge on any atom is -0.462 e. The van der Waals surface area contributed by atoms with Crippen LogP contribution in [0.5, 0.6) is 0 Å². The Bertz CT molecular complexity index is 1050. The average molecular weight is 797 g/mol. The molecule has 6 nitrogen and oxygen atoms in total. The first kappa shape index (κ1) is 54.1. The third-order valence-electron chi connectivity index (χ3n) is 10.0. The molecule has 0 aromatic heterocycles. The third kappa shape index (κ3) is 44.1. The van der Waals surface area contributed by atoms with Gasteiger partial charge < -0.3 is 14.2 Å². The zero-order valence-electron chi connectivity index (χ0n) is 37.3. The van der Waals surface area contributed by atoms with Crippen molar-refractivity contribution in [3.8, 4) is 0 Å². The molecular weight excluding hydrogens is 709 g/mol. The van der Waals surface area contributed by atoms with Crippen molar-refractivity contribution in [2.75, 3.05) is 13.2 Å². The molecule has 0 aromatic carbocycles. The van der Waals surface area contributed by atoms with Gasteiger partial charge in [0.1, 0.15) is 13.2 Å².